The zero-order valence-corrected chi connectivity index (χ0v) is 14.6. The summed E-state index contributed by atoms with van der Waals surface area (Å²) in [4.78, 5) is 25.2. The Morgan fingerprint density at radius 1 is 1.29 bits per heavy atom. The van der Waals surface area contributed by atoms with Gasteiger partial charge < -0.3 is 4.74 Å². The van der Waals surface area contributed by atoms with Crippen LogP contribution in [-0.4, -0.2) is 18.4 Å². The molecule has 1 aromatic carbocycles. The Balaban J connectivity index is 2.04. The molecule has 0 bridgehead atoms. The van der Waals surface area contributed by atoms with E-state index < -0.39 is 11.9 Å². The van der Waals surface area contributed by atoms with Crippen molar-refractivity contribution >= 4 is 28.7 Å². The Morgan fingerprint density at radius 3 is 2.75 bits per heavy atom. The van der Waals surface area contributed by atoms with Gasteiger partial charge in [-0.25, -0.2) is 0 Å². The molecule has 3 nitrogen and oxygen atoms in total. The largest absolute Gasteiger partial charge is 0.465 e. The van der Waals surface area contributed by atoms with Crippen molar-refractivity contribution in [2.45, 2.75) is 26.2 Å². The van der Waals surface area contributed by atoms with E-state index >= 15 is 0 Å². The minimum Gasteiger partial charge on any atom is -0.465 e. The lowest BCUT2D eigenvalue weighted by atomic mass is 9.73. The predicted octanol–water partition coefficient (Wildman–Crippen LogP) is 4.38. The molecule has 0 saturated heterocycles. The highest BCUT2D eigenvalue weighted by Gasteiger charge is 2.40. The number of esters is 1. The topological polar surface area (TPSA) is 43.4 Å². The number of aryl methyl sites for hydroxylation is 1. The molecule has 0 unspecified atom stereocenters. The van der Waals surface area contributed by atoms with E-state index in [2.05, 4.69) is 0 Å². The zero-order chi connectivity index (χ0) is 17.1. The molecule has 2 aromatic rings. The van der Waals surface area contributed by atoms with E-state index in [9.17, 15) is 9.59 Å². The van der Waals surface area contributed by atoms with E-state index in [4.69, 9.17) is 4.74 Å². The summed E-state index contributed by atoms with van der Waals surface area (Å²) < 4.78 is 5.18. The van der Waals surface area contributed by atoms with Crippen LogP contribution in [0, 0.1) is 12.8 Å². The third-order valence-corrected chi connectivity index (χ3v) is 5.17. The Labute approximate surface area is 146 Å². The fraction of sp³-hybridized carbons (Fsp3) is 0.300. The molecule has 124 valence electrons. The summed E-state index contributed by atoms with van der Waals surface area (Å²) in [5, 5.41) is 4.04. The van der Waals surface area contributed by atoms with Gasteiger partial charge in [-0.15, -0.1) is 0 Å². The number of carbonyl (C=O) groups is 2. The van der Waals surface area contributed by atoms with Crippen LogP contribution >= 0.6 is 11.3 Å². The number of hydrogen-bond donors (Lipinski definition) is 0. The number of thiophene rings is 1. The van der Waals surface area contributed by atoms with E-state index in [0.717, 1.165) is 22.3 Å². The maximum atomic E-state index is 12.7. The summed E-state index contributed by atoms with van der Waals surface area (Å²) >= 11 is 1.61. The second kappa shape index (κ2) is 7.14. The first kappa shape index (κ1) is 16.7. The second-order valence-electron chi connectivity index (χ2n) is 5.98. The molecular weight excluding hydrogens is 320 g/mol. The lowest BCUT2D eigenvalue weighted by Crippen LogP contribution is -2.34. The molecule has 1 aliphatic rings. The second-order valence-corrected chi connectivity index (χ2v) is 6.76. The minimum absolute atomic E-state index is 0.158. The van der Waals surface area contributed by atoms with Crippen LogP contribution in [0.1, 0.15) is 36.0 Å². The summed E-state index contributed by atoms with van der Waals surface area (Å²) in [6.07, 6.45) is 2.29. The average molecular weight is 340 g/mol. The van der Waals surface area contributed by atoms with Crippen molar-refractivity contribution in [2.24, 2.45) is 5.92 Å². The summed E-state index contributed by atoms with van der Waals surface area (Å²) in [5.74, 6) is -1.52. The van der Waals surface area contributed by atoms with E-state index in [1.807, 2.05) is 48.0 Å². The molecule has 24 heavy (non-hydrogen) atoms. The monoisotopic (exact) mass is 340 g/mol. The van der Waals surface area contributed by atoms with Crippen molar-refractivity contribution in [2.75, 3.05) is 6.61 Å². The molecule has 0 N–H and O–H groups in total. The Morgan fingerprint density at radius 2 is 2.08 bits per heavy atom. The van der Waals surface area contributed by atoms with Gasteiger partial charge in [0.2, 0.25) is 0 Å². The normalized spacial score (nSPS) is 20.6. The van der Waals surface area contributed by atoms with Gasteiger partial charge in [0.25, 0.3) is 0 Å². The van der Waals surface area contributed by atoms with Gasteiger partial charge in [0.15, 0.2) is 5.78 Å². The van der Waals surface area contributed by atoms with E-state index in [1.54, 1.807) is 24.3 Å². The maximum Gasteiger partial charge on any atom is 0.317 e. The zero-order valence-electron chi connectivity index (χ0n) is 13.8. The third kappa shape index (κ3) is 3.20. The van der Waals surface area contributed by atoms with Crippen molar-refractivity contribution in [1.29, 1.82) is 0 Å². The van der Waals surface area contributed by atoms with Gasteiger partial charge in [0, 0.05) is 5.92 Å². The number of benzene rings is 1. The first-order valence-corrected chi connectivity index (χ1v) is 9.05. The van der Waals surface area contributed by atoms with Gasteiger partial charge in [0.1, 0.15) is 5.92 Å². The molecule has 3 rings (SSSR count). The summed E-state index contributed by atoms with van der Waals surface area (Å²) in [5.41, 5.74) is 4.20. The predicted molar refractivity (Wildman–Crippen MR) is 96.0 cm³/mol. The van der Waals surface area contributed by atoms with Crippen molar-refractivity contribution in [3.05, 3.63) is 63.9 Å². The molecule has 0 amide bonds. The molecular formula is C20H20O3S. The van der Waals surface area contributed by atoms with E-state index in [0.29, 0.717) is 6.42 Å². The molecule has 0 fully saturated rings. The highest BCUT2D eigenvalue weighted by Crippen LogP contribution is 2.41. The third-order valence-electron chi connectivity index (χ3n) is 4.49. The van der Waals surface area contributed by atoms with E-state index in [1.165, 1.54) is 0 Å². The quantitative estimate of drug-likeness (QED) is 0.613. The van der Waals surface area contributed by atoms with Crippen LogP contribution in [-0.2, 0) is 14.3 Å². The van der Waals surface area contributed by atoms with Gasteiger partial charge in [0.05, 0.1) is 6.61 Å². The van der Waals surface area contributed by atoms with Crippen LogP contribution in [0.2, 0.25) is 0 Å². The molecule has 1 heterocycles. The molecule has 1 aromatic heterocycles. The van der Waals surface area contributed by atoms with Gasteiger partial charge >= 0.3 is 5.97 Å². The molecule has 2 atom stereocenters. The molecule has 4 heteroatoms. The number of carbonyl (C=O) groups excluding carboxylic acids is 2. The van der Waals surface area contributed by atoms with Crippen molar-refractivity contribution in [1.82, 2.24) is 0 Å². The number of rotatable bonds is 4. The number of hydrogen-bond acceptors (Lipinski definition) is 4. The minimum atomic E-state index is -0.756. The standard InChI is InChI=1S/C20H20O3S/c1-3-23-20(22)19-17(16-7-5-4-6-13(16)2)10-15(11-18(19)21)14-8-9-24-12-14/h4-9,11-12,17,19H,3,10H2,1-2H3/t17-,19-/m0/s1. The smallest absolute Gasteiger partial charge is 0.317 e. The Hall–Kier alpha value is -2.20. The number of allylic oxidation sites excluding steroid dienone is 2. The molecule has 0 spiro atoms. The summed E-state index contributed by atoms with van der Waals surface area (Å²) in [6, 6.07) is 9.97. The van der Waals surface area contributed by atoms with Gasteiger partial charge in [-0.3, -0.25) is 9.59 Å². The fourth-order valence-corrected chi connectivity index (χ4v) is 4.01. The van der Waals surface area contributed by atoms with Crippen LogP contribution in [0.5, 0.6) is 0 Å². The highest BCUT2D eigenvalue weighted by molar-refractivity contribution is 7.08. The van der Waals surface area contributed by atoms with Crippen molar-refractivity contribution in [3.63, 3.8) is 0 Å². The fourth-order valence-electron chi connectivity index (χ4n) is 3.33. The number of ether oxygens (including phenoxy) is 1. The van der Waals surface area contributed by atoms with Crippen LogP contribution in [0.3, 0.4) is 0 Å². The molecule has 0 aliphatic heterocycles. The van der Waals surface area contributed by atoms with Crippen molar-refractivity contribution < 1.29 is 14.3 Å². The molecule has 1 aliphatic carbocycles. The average Bonchev–Trinajstić information content (AvgIpc) is 3.09. The SMILES string of the molecule is CCOC(=O)[C@@H]1C(=O)C=C(c2ccsc2)C[C@H]1c1ccccc1C. The number of ketones is 1. The van der Waals surface area contributed by atoms with Gasteiger partial charge in [-0.2, -0.15) is 11.3 Å². The van der Waals surface area contributed by atoms with Crippen LogP contribution in [0.25, 0.3) is 5.57 Å². The van der Waals surface area contributed by atoms with Crippen LogP contribution < -0.4 is 0 Å². The van der Waals surface area contributed by atoms with Crippen LogP contribution in [0.4, 0.5) is 0 Å². The van der Waals surface area contributed by atoms with Crippen molar-refractivity contribution in [3.8, 4) is 0 Å². The molecule has 0 radical (unpaired) electrons. The lowest BCUT2D eigenvalue weighted by molar-refractivity contribution is -0.151. The summed E-state index contributed by atoms with van der Waals surface area (Å²) in [6.45, 7) is 4.06. The van der Waals surface area contributed by atoms with Crippen LogP contribution in [0.15, 0.2) is 47.2 Å². The first-order chi connectivity index (χ1) is 11.6. The van der Waals surface area contributed by atoms with E-state index in [-0.39, 0.29) is 18.3 Å². The lowest BCUT2D eigenvalue weighted by Gasteiger charge is -2.30. The van der Waals surface area contributed by atoms with Gasteiger partial charge in [-0.1, -0.05) is 24.3 Å². The molecule has 0 saturated carbocycles. The Kier molecular flexibility index (Phi) is 4.95. The summed E-state index contributed by atoms with van der Waals surface area (Å²) in [7, 11) is 0. The highest BCUT2D eigenvalue weighted by atomic mass is 32.1. The maximum absolute atomic E-state index is 12.7. The van der Waals surface area contributed by atoms with Gasteiger partial charge in [-0.05, 0) is 65.4 Å². The first-order valence-electron chi connectivity index (χ1n) is 8.11. The Bertz CT molecular complexity index is 774.